The number of rotatable bonds is 13. The number of amides is 4. The average Bonchev–Trinajstić information content (AvgIpc) is 3.00. The van der Waals surface area contributed by atoms with Crippen molar-refractivity contribution in [2.24, 2.45) is 5.92 Å². The monoisotopic (exact) mass is 1070 g/mol. The van der Waals surface area contributed by atoms with Gasteiger partial charge in [0.25, 0.3) is 17.7 Å². The Bertz CT molecular complexity index is 3680. The van der Waals surface area contributed by atoms with Gasteiger partial charge in [0, 0.05) is 35.9 Å². The largest absolute Gasteiger partial charge is 0.497 e. The Morgan fingerprint density at radius 1 is 0.633 bits per heavy atom. The van der Waals surface area contributed by atoms with Crippen molar-refractivity contribution in [3.63, 3.8) is 0 Å². The van der Waals surface area contributed by atoms with Gasteiger partial charge in [-0.15, -0.1) is 0 Å². The second kappa shape index (κ2) is 20.5. The highest BCUT2D eigenvalue weighted by molar-refractivity contribution is 6.91. The van der Waals surface area contributed by atoms with Crippen LogP contribution in [0.25, 0.3) is 0 Å². The Labute approximate surface area is 459 Å². The highest BCUT2D eigenvalue weighted by Crippen LogP contribution is 2.61. The molecule has 12 rings (SSSR count). The molecule has 13 nitrogen and oxygen atoms in total. The van der Waals surface area contributed by atoms with Crippen LogP contribution >= 0.6 is 0 Å². The molecule has 396 valence electrons. The summed E-state index contributed by atoms with van der Waals surface area (Å²) in [4.78, 5) is 67.8. The zero-order valence-electron chi connectivity index (χ0n) is 44.2. The van der Waals surface area contributed by atoms with Crippen molar-refractivity contribution in [1.82, 2.24) is 4.90 Å². The Morgan fingerprint density at radius 2 is 1.19 bits per heavy atom. The molecule has 8 aromatic carbocycles. The zero-order valence-corrected chi connectivity index (χ0v) is 45.2. The van der Waals surface area contributed by atoms with Gasteiger partial charge in [-0.3, -0.25) is 29.0 Å². The molecule has 0 aliphatic carbocycles. The SMILES string of the molecule is COc1ccc([Si](C)(C)[C@@H]2[C@@H](CC(=O)N(CCO)Cc3ccccc3)O[C@]3(C(=O)N(Cc4cccc(N5C(=O)c6ccccc6Oc6ccccc65)c4)c4ccc(N5C(=O)c6ccccc6Oc6ccccc65)cc43)[C@H]2C)cc1. The van der Waals surface area contributed by atoms with Crippen LogP contribution in [0.15, 0.2) is 194 Å². The summed E-state index contributed by atoms with van der Waals surface area (Å²) < 4.78 is 26.0. The van der Waals surface area contributed by atoms with Crippen LogP contribution in [0.4, 0.5) is 28.4 Å². The van der Waals surface area contributed by atoms with Gasteiger partial charge in [-0.25, -0.2) is 0 Å². The molecule has 0 saturated carbocycles. The lowest BCUT2D eigenvalue weighted by Crippen LogP contribution is -2.52. The predicted octanol–water partition coefficient (Wildman–Crippen LogP) is 12.0. The molecule has 4 aliphatic rings. The molecule has 1 fully saturated rings. The van der Waals surface area contributed by atoms with E-state index in [0.29, 0.717) is 73.9 Å². The average molecular weight is 1070 g/mol. The van der Waals surface area contributed by atoms with Crippen LogP contribution in [0.2, 0.25) is 18.6 Å². The van der Waals surface area contributed by atoms with Crippen molar-refractivity contribution in [3.05, 3.63) is 222 Å². The number of ether oxygens (including phenoxy) is 4. The molecule has 4 aliphatic heterocycles. The number of carbonyl (C=O) groups excluding carboxylic acids is 4. The van der Waals surface area contributed by atoms with Gasteiger partial charge in [-0.1, -0.05) is 128 Å². The van der Waals surface area contributed by atoms with Gasteiger partial charge < -0.3 is 33.9 Å². The normalized spacial score (nSPS) is 19.1. The molecule has 0 bridgehead atoms. The number of hydrogen-bond donors (Lipinski definition) is 1. The van der Waals surface area contributed by atoms with Gasteiger partial charge in [0.2, 0.25) is 5.91 Å². The number of fused-ring (bicyclic) bond motifs is 6. The molecular weight excluding hydrogens is 1010 g/mol. The van der Waals surface area contributed by atoms with E-state index in [-0.39, 0.29) is 61.8 Å². The second-order valence-corrected chi connectivity index (χ2v) is 25.7. The van der Waals surface area contributed by atoms with E-state index in [2.05, 4.69) is 32.2 Å². The molecule has 0 unspecified atom stereocenters. The summed E-state index contributed by atoms with van der Waals surface area (Å²) in [5.74, 6) is 0.923. The molecule has 79 heavy (non-hydrogen) atoms. The summed E-state index contributed by atoms with van der Waals surface area (Å²) in [5, 5.41) is 11.4. The first-order valence-corrected chi connectivity index (χ1v) is 29.7. The van der Waals surface area contributed by atoms with Crippen LogP contribution < -0.4 is 34.1 Å². The smallest absolute Gasteiger partial charge is 0.266 e. The van der Waals surface area contributed by atoms with Gasteiger partial charge in [-0.05, 0) is 108 Å². The zero-order chi connectivity index (χ0) is 54.6. The Hall–Kier alpha value is -8.82. The van der Waals surface area contributed by atoms with E-state index in [4.69, 9.17) is 18.9 Å². The standard InChI is InChI=1S/C65H58N4O9Si/c1-42-61(79(3,4)48-32-30-47(75-2)31-33-48)59(39-60(71)66(35-36-70)40-43-17-6-5-7-18-43)78-65(42)51-38-46(69-54-24-11-15-28-58(54)77-56-26-13-9-22-50(56)63(69)73)29-34-52(51)67(64(65)74)41-44-19-16-20-45(37-44)68-53-23-10-14-27-57(53)76-55-25-12-8-21-49(55)62(68)72/h5-34,37-38,42,59,61,70H,35-36,39-41H2,1-4H3/t42-,59+,61-,65+/m0/s1. The van der Waals surface area contributed by atoms with E-state index >= 15 is 9.59 Å². The van der Waals surface area contributed by atoms with Crippen LogP contribution in [0.3, 0.4) is 0 Å². The van der Waals surface area contributed by atoms with Gasteiger partial charge in [-0.2, -0.15) is 0 Å². The molecule has 0 aromatic heterocycles. The highest BCUT2D eigenvalue weighted by Gasteiger charge is 2.67. The fraction of sp³-hybridized carbons (Fsp3) is 0.200. The summed E-state index contributed by atoms with van der Waals surface area (Å²) in [5.41, 5.74) is 3.71. The maximum absolute atomic E-state index is 16.4. The van der Waals surface area contributed by atoms with E-state index in [1.54, 1.807) is 57.0 Å². The topological polar surface area (TPSA) is 138 Å². The van der Waals surface area contributed by atoms with E-state index in [1.165, 1.54) is 0 Å². The van der Waals surface area contributed by atoms with Crippen LogP contribution in [-0.2, 0) is 33.0 Å². The quantitative estimate of drug-likeness (QED) is 0.112. The number of anilines is 5. The Balaban J connectivity index is 1.00. The third-order valence-corrected chi connectivity index (χ3v) is 20.6. The van der Waals surface area contributed by atoms with Gasteiger partial charge in [0.1, 0.15) is 17.2 Å². The number of carbonyl (C=O) groups is 4. The lowest BCUT2D eigenvalue weighted by atomic mass is 9.82. The number of aliphatic hydroxyl groups excluding tert-OH is 1. The maximum Gasteiger partial charge on any atom is 0.266 e. The Morgan fingerprint density at radius 3 is 1.80 bits per heavy atom. The molecule has 4 atom stereocenters. The molecular formula is C65H58N4O9Si. The minimum atomic E-state index is -2.79. The number of para-hydroxylation sites is 6. The summed E-state index contributed by atoms with van der Waals surface area (Å²) >= 11 is 0. The minimum Gasteiger partial charge on any atom is -0.497 e. The number of nitrogens with zero attached hydrogens (tertiary/aromatic N) is 4. The van der Waals surface area contributed by atoms with Crippen molar-refractivity contribution < 1.29 is 43.2 Å². The van der Waals surface area contributed by atoms with E-state index < -0.39 is 25.7 Å². The Kier molecular flexibility index (Phi) is 13.2. The lowest BCUT2D eigenvalue weighted by Gasteiger charge is -2.37. The second-order valence-electron chi connectivity index (χ2n) is 21.1. The number of aliphatic hydroxyl groups is 1. The predicted molar refractivity (Wildman–Crippen MR) is 306 cm³/mol. The summed E-state index contributed by atoms with van der Waals surface area (Å²) in [6, 6.07) is 60.1. The molecule has 0 radical (unpaired) electrons. The molecule has 14 heteroatoms. The minimum absolute atomic E-state index is 0.0647. The van der Waals surface area contributed by atoms with E-state index in [0.717, 1.165) is 16.3 Å². The van der Waals surface area contributed by atoms with E-state index in [1.807, 2.05) is 152 Å². The number of hydrogen-bond acceptors (Lipinski definition) is 9. The van der Waals surface area contributed by atoms with Crippen LogP contribution in [0, 0.1) is 5.92 Å². The van der Waals surface area contributed by atoms with Crippen molar-refractivity contribution in [2.75, 3.05) is 35.0 Å². The van der Waals surface area contributed by atoms with Crippen molar-refractivity contribution in [2.45, 2.75) is 56.8 Å². The third kappa shape index (κ3) is 8.82. The van der Waals surface area contributed by atoms with E-state index in [9.17, 15) is 14.7 Å². The van der Waals surface area contributed by atoms with Gasteiger partial charge in [0.15, 0.2) is 17.1 Å². The maximum atomic E-state index is 16.4. The molecule has 4 heterocycles. The fourth-order valence-electron chi connectivity index (χ4n) is 12.4. The van der Waals surface area contributed by atoms with Crippen LogP contribution in [0.1, 0.15) is 50.8 Å². The molecule has 4 amide bonds. The molecule has 1 N–H and O–H groups in total. The van der Waals surface area contributed by atoms with Crippen LogP contribution in [-0.4, -0.2) is 68.1 Å². The fourth-order valence-corrected chi connectivity index (χ4v) is 16.4. The van der Waals surface area contributed by atoms with Gasteiger partial charge in [0.05, 0.1) is 69.0 Å². The van der Waals surface area contributed by atoms with Crippen molar-refractivity contribution >= 4 is 65.3 Å². The van der Waals surface area contributed by atoms with Crippen LogP contribution in [0.5, 0.6) is 28.7 Å². The molecule has 1 saturated heterocycles. The summed E-state index contributed by atoms with van der Waals surface area (Å²) in [6.45, 7) is 6.83. The molecule has 1 spiro atoms. The first-order chi connectivity index (χ1) is 38.4. The molecule has 8 aromatic rings. The number of methoxy groups -OCH3 is 1. The highest BCUT2D eigenvalue weighted by atomic mass is 28.3. The third-order valence-electron chi connectivity index (χ3n) is 16.2. The van der Waals surface area contributed by atoms with Gasteiger partial charge >= 0.3 is 0 Å². The summed E-state index contributed by atoms with van der Waals surface area (Å²) in [7, 11) is -1.15. The van der Waals surface area contributed by atoms with Crippen molar-refractivity contribution in [3.8, 4) is 28.7 Å². The number of benzene rings is 8. The first kappa shape index (κ1) is 51.0. The first-order valence-electron chi connectivity index (χ1n) is 26.6. The summed E-state index contributed by atoms with van der Waals surface area (Å²) in [6.07, 6.45) is -0.836. The lowest BCUT2D eigenvalue weighted by molar-refractivity contribution is -0.150. The van der Waals surface area contributed by atoms with Crippen molar-refractivity contribution in [1.29, 1.82) is 0 Å².